The number of nitrogens with zero attached hydrogens (tertiary/aromatic N) is 3. The number of hydrogen-bond donors (Lipinski definition) is 0. The minimum Gasteiger partial charge on any atom is -0.402 e. The first-order valence-corrected chi connectivity index (χ1v) is 11.2. The van der Waals surface area contributed by atoms with E-state index in [9.17, 15) is 14.9 Å². The van der Waals surface area contributed by atoms with Crippen LogP contribution in [0.3, 0.4) is 0 Å². The second kappa shape index (κ2) is 9.66. The average molecular weight is 500 g/mol. The highest BCUT2D eigenvalue weighted by Gasteiger charge is 2.26. The van der Waals surface area contributed by atoms with Crippen molar-refractivity contribution < 1.29 is 14.5 Å². The van der Waals surface area contributed by atoms with E-state index in [2.05, 4.69) is 5.10 Å². The van der Waals surface area contributed by atoms with Crippen molar-refractivity contribution in [2.24, 2.45) is 0 Å². The molecule has 0 unspecified atom stereocenters. The number of halogens is 2. The summed E-state index contributed by atoms with van der Waals surface area (Å²) in [6, 6.07) is 19.9. The molecule has 10 heteroatoms. The highest BCUT2D eigenvalue weighted by Crippen LogP contribution is 2.42. The third kappa shape index (κ3) is 4.88. The topological polar surface area (TPSA) is 87.3 Å². The van der Waals surface area contributed by atoms with Crippen LogP contribution < -0.4 is 4.74 Å². The number of carbonyl (C=O) groups excluding carboxylic acids is 1. The van der Waals surface area contributed by atoms with Crippen molar-refractivity contribution in [1.29, 1.82) is 0 Å². The Labute approximate surface area is 203 Å². The van der Waals surface area contributed by atoms with Crippen LogP contribution in [0.2, 0.25) is 10.0 Å². The van der Waals surface area contributed by atoms with E-state index >= 15 is 0 Å². The molecule has 166 valence electrons. The van der Waals surface area contributed by atoms with E-state index in [1.165, 1.54) is 28.9 Å². The molecule has 0 radical (unpaired) electrons. The van der Waals surface area contributed by atoms with Gasteiger partial charge in [0.05, 0.1) is 36.7 Å². The van der Waals surface area contributed by atoms with Crippen molar-refractivity contribution in [1.82, 2.24) is 9.78 Å². The molecule has 0 spiro atoms. The molecule has 7 nitrogen and oxygen atoms in total. The number of aryl methyl sites for hydroxylation is 1. The molecule has 0 atom stereocenters. The number of hydrogen-bond acceptors (Lipinski definition) is 6. The molecule has 4 rings (SSSR count). The van der Waals surface area contributed by atoms with E-state index in [0.717, 1.165) is 11.8 Å². The van der Waals surface area contributed by atoms with Gasteiger partial charge in [-0.25, -0.2) is 4.79 Å². The number of rotatable bonds is 6. The summed E-state index contributed by atoms with van der Waals surface area (Å²) in [7, 11) is 0. The summed E-state index contributed by atoms with van der Waals surface area (Å²) >= 11 is 13.2. The van der Waals surface area contributed by atoms with Crippen LogP contribution in [0, 0.1) is 17.0 Å². The maximum Gasteiger partial charge on any atom is 0.346 e. The number of nitro benzene ring substituents is 1. The quantitative estimate of drug-likeness (QED) is 0.165. The largest absolute Gasteiger partial charge is 0.402 e. The smallest absolute Gasteiger partial charge is 0.346 e. The third-order valence-corrected chi connectivity index (χ3v) is 6.37. The highest BCUT2D eigenvalue weighted by molar-refractivity contribution is 7.99. The molecule has 33 heavy (non-hydrogen) atoms. The summed E-state index contributed by atoms with van der Waals surface area (Å²) in [4.78, 5) is 24.9. The minimum absolute atomic E-state index is 0.0626. The molecule has 0 N–H and O–H groups in total. The van der Waals surface area contributed by atoms with Gasteiger partial charge < -0.3 is 4.74 Å². The first-order valence-electron chi connectivity index (χ1n) is 9.58. The van der Waals surface area contributed by atoms with Crippen LogP contribution >= 0.6 is 35.0 Å². The zero-order valence-corrected chi connectivity index (χ0v) is 19.4. The third-order valence-electron chi connectivity index (χ3n) is 4.58. The van der Waals surface area contributed by atoms with Crippen molar-refractivity contribution in [2.75, 3.05) is 0 Å². The summed E-state index contributed by atoms with van der Waals surface area (Å²) in [5.41, 5.74) is 1.25. The normalized spacial score (nSPS) is 10.8. The lowest BCUT2D eigenvalue weighted by molar-refractivity contribution is -0.387. The Hall–Kier alpha value is -3.33. The lowest BCUT2D eigenvalue weighted by Gasteiger charge is -2.11. The van der Waals surface area contributed by atoms with Gasteiger partial charge in [-0.2, -0.15) is 9.78 Å². The zero-order chi connectivity index (χ0) is 23.5. The fraction of sp³-hybridized carbons (Fsp3) is 0.0435. The van der Waals surface area contributed by atoms with Crippen LogP contribution in [0.5, 0.6) is 5.88 Å². The molecule has 0 saturated carbocycles. The molecule has 3 aromatic carbocycles. The first-order chi connectivity index (χ1) is 15.8. The van der Waals surface area contributed by atoms with Crippen LogP contribution in [-0.2, 0) is 0 Å². The van der Waals surface area contributed by atoms with Crippen LogP contribution in [0.25, 0.3) is 5.69 Å². The average Bonchev–Trinajstić information content (AvgIpc) is 3.09. The Kier molecular flexibility index (Phi) is 6.69. The van der Waals surface area contributed by atoms with Crippen LogP contribution in [0.15, 0.2) is 82.6 Å². The Balaban J connectivity index is 1.81. The van der Waals surface area contributed by atoms with Gasteiger partial charge in [0, 0.05) is 11.1 Å². The number of aromatic nitrogens is 2. The molecular formula is C23H15Cl2N3O4S. The first kappa shape index (κ1) is 22.8. The van der Waals surface area contributed by atoms with E-state index in [4.69, 9.17) is 27.9 Å². The lowest BCUT2D eigenvalue weighted by atomic mass is 10.2. The molecule has 0 amide bonds. The van der Waals surface area contributed by atoms with Crippen molar-refractivity contribution in [3.63, 3.8) is 0 Å². The number of para-hydroxylation sites is 2. The van der Waals surface area contributed by atoms with E-state index in [1.807, 2.05) is 18.2 Å². The van der Waals surface area contributed by atoms with E-state index in [-0.39, 0.29) is 22.2 Å². The van der Waals surface area contributed by atoms with E-state index in [1.54, 1.807) is 37.3 Å². The summed E-state index contributed by atoms with van der Waals surface area (Å²) < 4.78 is 7.25. The second-order valence-corrected chi connectivity index (χ2v) is 8.70. The van der Waals surface area contributed by atoms with Gasteiger partial charge in [-0.05, 0) is 43.3 Å². The van der Waals surface area contributed by atoms with Crippen LogP contribution in [-0.4, -0.2) is 20.7 Å². The minimum atomic E-state index is -0.710. The molecule has 0 fully saturated rings. The van der Waals surface area contributed by atoms with Gasteiger partial charge in [0.15, 0.2) is 0 Å². The summed E-state index contributed by atoms with van der Waals surface area (Å²) in [6.07, 6.45) is 0. The van der Waals surface area contributed by atoms with Crippen molar-refractivity contribution >= 4 is 46.6 Å². The van der Waals surface area contributed by atoms with Crippen LogP contribution in [0.1, 0.15) is 16.1 Å². The van der Waals surface area contributed by atoms with Gasteiger partial charge in [-0.3, -0.25) is 10.1 Å². The Morgan fingerprint density at radius 3 is 2.45 bits per heavy atom. The fourth-order valence-corrected chi connectivity index (χ4v) is 4.55. The predicted octanol–water partition coefficient (Wildman–Crippen LogP) is 6.77. The maximum absolute atomic E-state index is 13.0. The lowest BCUT2D eigenvalue weighted by Crippen LogP contribution is -2.13. The molecule has 1 heterocycles. The molecule has 0 aliphatic rings. The monoisotopic (exact) mass is 499 g/mol. The number of ether oxygens (including phenoxy) is 1. The van der Waals surface area contributed by atoms with Gasteiger partial charge in [0.25, 0.3) is 5.69 Å². The maximum atomic E-state index is 13.0. The molecule has 0 saturated heterocycles. The Bertz CT molecular complexity index is 1360. The Morgan fingerprint density at radius 2 is 1.76 bits per heavy atom. The van der Waals surface area contributed by atoms with Crippen molar-refractivity contribution in [2.45, 2.75) is 16.7 Å². The zero-order valence-electron chi connectivity index (χ0n) is 17.1. The molecule has 0 aliphatic heterocycles. The fourth-order valence-electron chi connectivity index (χ4n) is 3.05. The summed E-state index contributed by atoms with van der Waals surface area (Å²) in [5.74, 6) is -0.587. The second-order valence-electron chi connectivity index (χ2n) is 6.81. The number of benzene rings is 3. The summed E-state index contributed by atoms with van der Waals surface area (Å²) in [5, 5.41) is 16.6. The van der Waals surface area contributed by atoms with Gasteiger partial charge in [-0.15, -0.1) is 0 Å². The summed E-state index contributed by atoms with van der Waals surface area (Å²) in [6.45, 7) is 1.74. The number of carbonyl (C=O) groups is 1. The molecular weight excluding hydrogens is 485 g/mol. The van der Waals surface area contributed by atoms with Gasteiger partial charge >= 0.3 is 5.97 Å². The van der Waals surface area contributed by atoms with Gasteiger partial charge in [-0.1, -0.05) is 65.3 Å². The van der Waals surface area contributed by atoms with E-state index in [0.29, 0.717) is 26.2 Å². The predicted molar refractivity (Wildman–Crippen MR) is 127 cm³/mol. The van der Waals surface area contributed by atoms with E-state index < -0.39 is 10.9 Å². The number of esters is 1. The SMILES string of the molecule is Cc1nn(-c2ccccc2)c(OC(=O)c2ccc(Cl)cc2Cl)c1Sc1ccccc1[N+](=O)[O-]. The van der Waals surface area contributed by atoms with Gasteiger partial charge in [0.1, 0.15) is 0 Å². The molecule has 0 bridgehead atoms. The highest BCUT2D eigenvalue weighted by atomic mass is 35.5. The van der Waals surface area contributed by atoms with Crippen molar-refractivity contribution in [3.05, 3.63) is 104 Å². The van der Waals surface area contributed by atoms with Gasteiger partial charge in [0.2, 0.25) is 5.88 Å². The number of nitro groups is 1. The Morgan fingerprint density at radius 1 is 1.06 bits per heavy atom. The van der Waals surface area contributed by atoms with Crippen LogP contribution in [0.4, 0.5) is 5.69 Å². The molecule has 1 aromatic heterocycles. The molecule has 4 aromatic rings. The standard InChI is InChI=1S/C23H15Cl2N3O4S/c1-14-21(33-20-10-6-5-9-19(20)28(30)31)22(27(26-14)16-7-3-2-4-8-16)32-23(29)17-12-11-15(24)13-18(17)25/h2-13H,1H3. The molecule has 0 aliphatic carbocycles. The van der Waals surface area contributed by atoms with Crippen molar-refractivity contribution in [3.8, 4) is 11.6 Å².